The van der Waals surface area contributed by atoms with Crippen molar-refractivity contribution in [1.82, 2.24) is 10.1 Å². The number of benzene rings is 1. The second-order valence-corrected chi connectivity index (χ2v) is 5.53. The molecular formula is C14H17BrN2O4. The highest BCUT2D eigenvalue weighted by Gasteiger charge is 2.13. The summed E-state index contributed by atoms with van der Waals surface area (Å²) in [7, 11) is 3.17. The van der Waals surface area contributed by atoms with E-state index in [9.17, 15) is 0 Å². The maximum absolute atomic E-state index is 5.49. The predicted octanol–water partition coefficient (Wildman–Crippen LogP) is 3.55. The number of aromatic nitrogens is 2. The number of nitrogens with zero attached hydrogens (tertiary/aromatic N) is 2. The van der Waals surface area contributed by atoms with Gasteiger partial charge in [0.05, 0.1) is 18.7 Å². The summed E-state index contributed by atoms with van der Waals surface area (Å²) in [5.74, 6) is 2.08. The molecule has 0 atom stereocenters. The summed E-state index contributed by atoms with van der Waals surface area (Å²) in [4.78, 5) is 4.16. The van der Waals surface area contributed by atoms with Crippen LogP contribution in [0.15, 0.2) is 21.1 Å². The molecule has 1 aromatic carbocycles. The molecule has 0 unspecified atom stereocenters. The monoisotopic (exact) mass is 356 g/mol. The third-order valence-corrected chi connectivity index (χ3v) is 3.38. The normalized spacial score (nSPS) is 10.8. The van der Waals surface area contributed by atoms with Gasteiger partial charge in [0.25, 0.3) is 0 Å². The molecular weight excluding hydrogens is 340 g/mol. The Morgan fingerprint density at radius 3 is 2.57 bits per heavy atom. The fourth-order valence-electron chi connectivity index (χ4n) is 1.71. The fraction of sp³-hybridized carbons (Fsp3) is 0.429. The van der Waals surface area contributed by atoms with Crippen LogP contribution in [0.2, 0.25) is 0 Å². The highest BCUT2D eigenvalue weighted by molar-refractivity contribution is 9.10. The lowest BCUT2D eigenvalue weighted by atomic mass is 10.2. The van der Waals surface area contributed by atoms with E-state index in [0.717, 1.165) is 10.0 Å². The Morgan fingerprint density at radius 1 is 1.24 bits per heavy atom. The molecule has 0 N–H and O–H groups in total. The van der Waals surface area contributed by atoms with Gasteiger partial charge in [-0.15, -0.1) is 0 Å². The highest BCUT2D eigenvalue weighted by atomic mass is 79.9. The van der Waals surface area contributed by atoms with Gasteiger partial charge in [-0.3, -0.25) is 4.52 Å². The van der Waals surface area contributed by atoms with Crippen molar-refractivity contribution in [3.8, 4) is 17.6 Å². The molecule has 0 fully saturated rings. The molecule has 1 aromatic heterocycles. The average Bonchev–Trinajstić information content (AvgIpc) is 2.93. The van der Waals surface area contributed by atoms with Crippen molar-refractivity contribution >= 4 is 15.9 Å². The van der Waals surface area contributed by atoms with Crippen molar-refractivity contribution in [2.24, 2.45) is 0 Å². The number of methoxy groups -OCH3 is 2. The number of rotatable bonds is 6. The third-order valence-electron chi connectivity index (χ3n) is 2.80. The predicted molar refractivity (Wildman–Crippen MR) is 80.0 cm³/mol. The Kier molecular flexibility index (Phi) is 5.06. The second kappa shape index (κ2) is 6.80. The Labute approximate surface area is 131 Å². The topological polar surface area (TPSA) is 66.6 Å². The first-order valence-corrected chi connectivity index (χ1v) is 7.21. The van der Waals surface area contributed by atoms with Crippen molar-refractivity contribution in [2.75, 3.05) is 14.2 Å². The molecule has 0 aliphatic carbocycles. The zero-order chi connectivity index (χ0) is 15.4. The quantitative estimate of drug-likeness (QED) is 0.788. The van der Waals surface area contributed by atoms with Crippen LogP contribution in [0.4, 0.5) is 0 Å². The first kappa shape index (κ1) is 15.6. The molecule has 2 aromatic rings. The summed E-state index contributed by atoms with van der Waals surface area (Å²) in [6.45, 7) is 4.26. The Bertz CT molecular complexity index is 613. The van der Waals surface area contributed by atoms with E-state index < -0.39 is 0 Å². The van der Waals surface area contributed by atoms with Crippen LogP contribution in [-0.2, 0) is 6.61 Å². The summed E-state index contributed by atoms with van der Waals surface area (Å²) in [5, 5.41) is 3.84. The molecule has 0 aliphatic heterocycles. The molecule has 7 heteroatoms. The fourth-order valence-corrected chi connectivity index (χ4v) is 2.36. The van der Waals surface area contributed by atoms with Gasteiger partial charge in [-0.05, 0) is 33.6 Å². The van der Waals surface area contributed by atoms with Crippen LogP contribution in [0, 0.1) is 0 Å². The first-order chi connectivity index (χ1) is 10.0. The van der Waals surface area contributed by atoms with E-state index in [1.54, 1.807) is 14.2 Å². The molecule has 0 bridgehead atoms. The van der Waals surface area contributed by atoms with E-state index in [-0.39, 0.29) is 12.0 Å². The van der Waals surface area contributed by atoms with Gasteiger partial charge in [0.1, 0.15) is 6.61 Å². The maximum Gasteiger partial charge on any atom is 0.417 e. The molecule has 0 aliphatic rings. The van der Waals surface area contributed by atoms with Crippen LogP contribution in [0.5, 0.6) is 17.6 Å². The van der Waals surface area contributed by atoms with Gasteiger partial charge in [0, 0.05) is 5.92 Å². The molecule has 0 saturated carbocycles. The number of ether oxygens (including phenoxy) is 3. The molecule has 0 saturated heterocycles. The summed E-state index contributed by atoms with van der Waals surface area (Å²) >= 11 is 3.44. The largest absolute Gasteiger partial charge is 0.493 e. The van der Waals surface area contributed by atoms with E-state index in [1.807, 2.05) is 26.0 Å². The van der Waals surface area contributed by atoms with E-state index >= 15 is 0 Å². The van der Waals surface area contributed by atoms with E-state index in [4.69, 9.17) is 18.7 Å². The summed E-state index contributed by atoms with van der Waals surface area (Å²) in [6.07, 6.45) is 0.157. The standard InChI is InChI=1S/C14H17BrN2O4/c1-8(2)13-16-14(21-17-13)20-7-9-5-10(15)12(19-4)11(6-9)18-3/h5-6,8H,7H2,1-4H3. The molecule has 6 nitrogen and oxygen atoms in total. The van der Waals surface area contributed by atoms with Crippen LogP contribution >= 0.6 is 15.9 Å². The lowest BCUT2D eigenvalue weighted by Crippen LogP contribution is -1.99. The lowest BCUT2D eigenvalue weighted by molar-refractivity contribution is 0.194. The van der Waals surface area contributed by atoms with Gasteiger partial charge >= 0.3 is 6.08 Å². The van der Waals surface area contributed by atoms with Crippen molar-refractivity contribution in [2.45, 2.75) is 26.4 Å². The van der Waals surface area contributed by atoms with Crippen LogP contribution in [-0.4, -0.2) is 24.4 Å². The maximum atomic E-state index is 5.49. The molecule has 1 heterocycles. The molecule has 114 valence electrons. The van der Waals surface area contributed by atoms with Gasteiger partial charge in [0.2, 0.25) is 0 Å². The molecule has 2 rings (SSSR count). The summed E-state index contributed by atoms with van der Waals surface area (Å²) in [5.41, 5.74) is 0.892. The minimum absolute atomic E-state index is 0.157. The van der Waals surface area contributed by atoms with Crippen molar-refractivity contribution in [3.63, 3.8) is 0 Å². The van der Waals surface area contributed by atoms with E-state index in [1.165, 1.54) is 0 Å². The van der Waals surface area contributed by atoms with Crippen molar-refractivity contribution in [3.05, 3.63) is 28.0 Å². The molecule has 0 radical (unpaired) electrons. The zero-order valence-electron chi connectivity index (χ0n) is 12.3. The number of hydrogen-bond donors (Lipinski definition) is 0. The number of hydrogen-bond acceptors (Lipinski definition) is 6. The number of halogens is 1. The first-order valence-electron chi connectivity index (χ1n) is 6.42. The SMILES string of the molecule is COc1cc(COc2nc(C(C)C)no2)cc(Br)c1OC. The second-order valence-electron chi connectivity index (χ2n) is 4.68. The van der Waals surface area contributed by atoms with Crippen LogP contribution < -0.4 is 14.2 Å². The Morgan fingerprint density at radius 2 is 2.00 bits per heavy atom. The van der Waals surface area contributed by atoms with Gasteiger partial charge in [0.15, 0.2) is 17.3 Å². The summed E-state index contributed by atoms with van der Waals surface area (Å²) in [6, 6.07) is 3.73. The van der Waals surface area contributed by atoms with E-state index in [2.05, 4.69) is 26.1 Å². The van der Waals surface area contributed by atoms with Crippen LogP contribution in [0.1, 0.15) is 31.2 Å². The Balaban J connectivity index is 2.10. The van der Waals surface area contributed by atoms with Crippen molar-refractivity contribution in [1.29, 1.82) is 0 Å². The minimum Gasteiger partial charge on any atom is -0.493 e. The third kappa shape index (κ3) is 3.66. The zero-order valence-corrected chi connectivity index (χ0v) is 13.9. The summed E-state index contributed by atoms with van der Waals surface area (Å²) < 4.78 is 21.9. The van der Waals surface area contributed by atoms with Crippen molar-refractivity contribution < 1.29 is 18.7 Å². The van der Waals surface area contributed by atoms with Gasteiger partial charge in [-0.2, -0.15) is 4.98 Å². The smallest absolute Gasteiger partial charge is 0.417 e. The molecule has 0 amide bonds. The van der Waals surface area contributed by atoms with Crippen LogP contribution in [0.25, 0.3) is 0 Å². The van der Waals surface area contributed by atoms with E-state index in [0.29, 0.717) is 23.9 Å². The van der Waals surface area contributed by atoms with Gasteiger partial charge in [-0.25, -0.2) is 0 Å². The Hall–Kier alpha value is -1.76. The molecule has 0 spiro atoms. The average molecular weight is 357 g/mol. The van der Waals surface area contributed by atoms with Crippen LogP contribution in [0.3, 0.4) is 0 Å². The molecule has 21 heavy (non-hydrogen) atoms. The lowest BCUT2D eigenvalue weighted by Gasteiger charge is -2.11. The van der Waals surface area contributed by atoms with Gasteiger partial charge < -0.3 is 14.2 Å². The minimum atomic E-state index is 0.157. The van der Waals surface area contributed by atoms with Gasteiger partial charge in [-0.1, -0.05) is 19.0 Å². The highest BCUT2D eigenvalue weighted by Crippen LogP contribution is 2.36.